The fourth-order valence-corrected chi connectivity index (χ4v) is 1.73. The average molecular weight is 255 g/mol. The van der Waals surface area contributed by atoms with Crippen LogP contribution < -0.4 is 11.1 Å². The monoisotopic (exact) mass is 255 g/mol. The summed E-state index contributed by atoms with van der Waals surface area (Å²) in [6.45, 7) is 2.90. The molecule has 0 unspecified atom stereocenters. The lowest BCUT2D eigenvalue weighted by Crippen LogP contribution is -2.50. The normalized spacial score (nSPS) is 16.7. The number of amides is 3. The van der Waals surface area contributed by atoms with Crippen LogP contribution in [0.3, 0.4) is 0 Å². The van der Waals surface area contributed by atoms with Gasteiger partial charge in [-0.1, -0.05) is 11.6 Å². The van der Waals surface area contributed by atoms with Gasteiger partial charge in [-0.25, -0.2) is 9.59 Å². The van der Waals surface area contributed by atoms with E-state index in [4.69, 9.17) is 10.8 Å². The van der Waals surface area contributed by atoms with E-state index in [1.807, 2.05) is 13.0 Å². The van der Waals surface area contributed by atoms with Crippen molar-refractivity contribution in [3.05, 3.63) is 11.6 Å². The minimum absolute atomic E-state index is 0.413. The second kappa shape index (κ2) is 6.04. The van der Waals surface area contributed by atoms with E-state index in [0.717, 1.165) is 12.0 Å². The van der Waals surface area contributed by atoms with Gasteiger partial charge in [0.2, 0.25) is 5.91 Å². The number of hydrogen-bond acceptors (Lipinski definition) is 3. The molecular weight excluding hydrogens is 238 g/mol. The molecule has 7 heteroatoms. The fraction of sp³-hybridized carbons (Fsp3) is 0.545. The van der Waals surface area contributed by atoms with Crippen molar-refractivity contribution in [3.8, 4) is 0 Å². The van der Waals surface area contributed by atoms with Crippen molar-refractivity contribution in [2.24, 2.45) is 5.73 Å². The Morgan fingerprint density at radius 1 is 1.56 bits per heavy atom. The molecular formula is C11H17N3O4. The van der Waals surface area contributed by atoms with Crippen LogP contribution in [-0.2, 0) is 9.59 Å². The number of carboxylic acid groups (broad SMARTS) is 1. The molecule has 0 aliphatic carbocycles. The molecule has 0 saturated carbocycles. The van der Waals surface area contributed by atoms with Crippen LogP contribution in [0.2, 0.25) is 0 Å². The second-order valence-electron chi connectivity index (χ2n) is 4.27. The molecule has 3 amide bonds. The van der Waals surface area contributed by atoms with E-state index in [0.29, 0.717) is 13.1 Å². The standard InChI is InChI=1S/C11H17N3O4/c1-7-3-2-4-14(6-7)11(18)13-8(10(16)17)5-9(12)15/h3,8H,2,4-6H2,1H3,(H2,12,15)(H,13,18)(H,16,17)/t8-/m1/s1. The third-order valence-electron chi connectivity index (χ3n) is 2.62. The van der Waals surface area contributed by atoms with Crippen molar-refractivity contribution in [1.29, 1.82) is 0 Å². The molecule has 1 aliphatic rings. The van der Waals surface area contributed by atoms with Crippen molar-refractivity contribution in [2.45, 2.75) is 25.8 Å². The first-order valence-electron chi connectivity index (χ1n) is 5.62. The van der Waals surface area contributed by atoms with Gasteiger partial charge in [-0.2, -0.15) is 0 Å². The lowest BCUT2D eigenvalue weighted by Gasteiger charge is -2.27. The van der Waals surface area contributed by atoms with Gasteiger partial charge in [0.1, 0.15) is 6.04 Å². The quantitative estimate of drug-likeness (QED) is 0.597. The zero-order valence-electron chi connectivity index (χ0n) is 10.2. The van der Waals surface area contributed by atoms with E-state index in [9.17, 15) is 14.4 Å². The smallest absolute Gasteiger partial charge is 0.326 e. The lowest BCUT2D eigenvalue weighted by molar-refractivity contribution is -0.140. The van der Waals surface area contributed by atoms with E-state index < -0.39 is 30.4 Å². The third-order valence-corrected chi connectivity index (χ3v) is 2.62. The number of rotatable bonds is 4. The highest BCUT2D eigenvalue weighted by molar-refractivity contribution is 5.87. The molecule has 0 aromatic heterocycles. The number of nitrogens with two attached hydrogens (primary N) is 1. The summed E-state index contributed by atoms with van der Waals surface area (Å²) in [5.41, 5.74) is 5.98. The lowest BCUT2D eigenvalue weighted by atomic mass is 10.1. The highest BCUT2D eigenvalue weighted by atomic mass is 16.4. The Morgan fingerprint density at radius 2 is 2.22 bits per heavy atom. The van der Waals surface area contributed by atoms with Crippen LogP contribution in [-0.4, -0.2) is 47.0 Å². The molecule has 0 radical (unpaired) electrons. The van der Waals surface area contributed by atoms with Gasteiger partial charge < -0.3 is 21.1 Å². The molecule has 1 heterocycles. The molecule has 0 aromatic rings. The van der Waals surface area contributed by atoms with Gasteiger partial charge in [0.25, 0.3) is 0 Å². The fourth-order valence-electron chi connectivity index (χ4n) is 1.73. The second-order valence-corrected chi connectivity index (χ2v) is 4.27. The first-order chi connectivity index (χ1) is 8.40. The van der Waals surface area contributed by atoms with Crippen molar-refractivity contribution in [2.75, 3.05) is 13.1 Å². The van der Waals surface area contributed by atoms with Gasteiger partial charge in [0.05, 0.1) is 6.42 Å². The SMILES string of the molecule is CC1=CCCN(C(=O)N[C@H](CC(N)=O)C(=O)O)C1. The third kappa shape index (κ3) is 4.08. The maximum absolute atomic E-state index is 11.8. The van der Waals surface area contributed by atoms with E-state index in [-0.39, 0.29) is 0 Å². The number of hydrogen-bond donors (Lipinski definition) is 3. The van der Waals surface area contributed by atoms with Crippen LogP contribution in [0.1, 0.15) is 19.8 Å². The summed E-state index contributed by atoms with van der Waals surface area (Å²) in [7, 11) is 0. The molecule has 1 aliphatic heterocycles. The summed E-state index contributed by atoms with van der Waals surface area (Å²) < 4.78 is 0. The van der Waals surface area contributed by atoms with E-state index in [2.05, 4.69) is 5.32 Å². The van der Waals surface area contributed by atoms with Crippen LogP contribution in [0, 0.1) is 0 Å². The first-order valence-corrected chi connectivity index (χ1v) is 5.62. The van der Waals surface area contributed by atoms with Gasteiger partial charge in [-0.3, -0.25) is 4.79 Å². The Labute approximate surface area is 105 Å². The Hall–Kier alpha value is -2.05. The molecule has 0 spiro atoms. The highest BCUT2D eigenvalue weighted by Gasteiger charge is 2.25. The minimum Gasteiger partial charge on any atom is -0.480 e. The van der Waals surface area contributed by atoms with E-state index in [1.165, 1.54) is 4.90 Å². The molecule has 1 rings (SSSR count). The van der Waals surface area contributed by atoms with Gasteiger partial charge in [0, 0.05) is 13.1 Å². The van der Waals surface area contributed by atoms with Gasteiger partial charge >= 0.3 is 12.0 Å². The first kappa shape index (κ1) is 14.0. The summed E-state index contributed by atoms with van der Waals surface area (Å²) in [6.07, 6.45) is 2.36. The van der Waals surface area contributed by atoms with Gasteiger partial charge in [-0.15, -0.1) is 0 Å². The van der Waals surface area contributed by atoms with Crippen LogP contribution in [0.15, 0.2) is 11.6 Å². The molecule has 7 nitrogen and oxygen atoms in total. The highest BCUT2D eigenvalue weighted by Crippen LogP contribution is 2.09. The molecule has 100 valence electrons. The van der Waals surface area contributed by atoms with Crippen LogP contribution in [0.4, 0.5) is 4.79 Å². The largest absolute Gasteiger partial charge is 0.480 e. The zero-order valence-corrected chi connectivity index (χ0v) is 10.2. The van der Waals surface area contributed by atoms with Crippen molar-refractivity contribution >= 4 is 17.9 Å². The predicted octanol–water partition coefficient (Wildman–Crippen LogP) is -0.323. The van der Waals surface area contributed by atoms with E-state index in [1.54, 1.807) is 0 Å². The Balaban J connectivity index is 2.58. The van der Waals surface area contributed by atoms with Gasteiger partial charge in [0.15, 0.2) is 0 Å². The van der Waals surface area contributed by atoms with Crippen molar-refractivity contribution < 1.29 is 19.5 Å². The molecule has 1 atom stereocenters. The summed E-state index contributed by atoms with van der Waals surface area (Å²) in [5, 5.41) is 11.2. The van der Waals surface area contributed by atoms with Crippen molar-refractivity contribution in [1.82, 2.24) is 10.2 Å². The topological polar surface area (TPSA) is 113 Å². The predicted molar refractivity (Wildman–Crippen MR) is 63.7 cm³/mol. The number of urea groups is 1. The Kier molecular flexibility index (Phi) is 4.70. The zero-order chi connectivity index (χ0) is 13.7. The minimum atomic E-state index is -1.28. The molecule has 18 heavy (non-hydrogen) atoms. The summed E-state index contributed by atoms with van der Waals surface area (Å²) in [5.74, 6) is -2.04. The van der Waals surface area contributed by atoms with Crippen LogP contribution in [0.25, 0.3) is 0 Å². The Morgan fingerprint density at radius 3 is 2.72 bits per heavy atom. The molecule has 0 fully saturated rings. The number of carbonyl (C=O) groups is 3. The number of aliphatic carboxylic acids is 1. The number of carboxylic acids is 1. The summed E-state index contributed by atoms with van der Waals surface area (Å²) in [6, 6.07) is -1.77. The molecule has 0 bridgehead atoms. The van der Waals surface area contributed by atoms with Crippen LogP contribution in [0.5, 0.6) is 0 Å². The number of carbonyl (C=O) groups excluding carboxylic acids is 2. The molecule has 0 aromatic carbocycles. The number of primary amides is 1. The molecule has 0 saturated heterocycles. The number of nitrogens with zero attached hydrogens (tertiary/aromatic N) is 1. The maximum atomic E-state index is 11.8. The average Bonchev–Trinajstić information content (AvgIpc) is 2.27. The maximum Gasteiger partial charge on any atom is 0.326 e. The molecule has 4 N–H and O–H groups in total. The van der Waals surface area contributed by atoms with Crippen LogP contribution >= 0.6 is 0 Å². The van der Waals surface area contributed by atoms with Gasteiger partial charge in [-0.05, 0) is 13.3 Å². The summed E-state index contributed by atoms with van der Waals surface area (Å²) in [4.78, 5) is 34.9. The van der Waals surface area contributed by atoms with E-state index >= 15 is 0 Å². The van der Waals surface area contributed by atoms with Crippen molar-refractivity contribution in [3.63, 3.8) is 0 Å². The summed E-state index contributed by atoms with van der Waals surface area (Å²) >= 11 is 0. The number of nitrogens with one attached hydrogen (secondary N) is 1. The Bertz CT molecular complexity index is 392.